The molecule has 0 aliphatic rings. The van der Waals surface area contributed by atoms with Crippen LogP contribution < -0.4 is 10.9 Å². The highest BCUT2D eigenvalue weighted by atomic mass is 32.1. The summed E-state index contributed by atoms with van der Waals surface area (Å²) in [5, 5.41) is 7.34. The Kier molecular flexibility index (Phi) is 5.77. The summed E-state index contributed by atoms with van der Waals surface area (Å²) >= 11 is 1.31. The van der Waals surface area contributed by atoms with Crippen molar-refractivity contribution >= 4 is 33.1 Å². The van der Waals surface area contributed by atoms with Gasteiger partial charge in [-0.2, -0.15) is 4.98 Å². The van der Waals surface area contributed by atoms with Gasteiger partial charge in [0.05, 0.1) is 16.6 Å². The van der Waals surface area contributed by atoms with Crippen LogP contribution in [0.5, 0.6) is 0 Å². The van der Waals surface area contributed by atoms with Gasteiger partial charge in [-0.25, -0.2) is 4.98 Å². The number of aryl methyl sites for hydroxylation is 2. The fourth-order valence-corrected chi connectivity index (χ4v) is 4.74. The summed E-state index contributed by atoms with van der Waals surface area (Å²) in [5.74, 6) is 0.505. The van der Waals surface area contributed by atoms with E-state index >= 15 is 0 Å². The first kappa shape index (κ1) is 21.7. The molecule has 5 rings (SSSR count). The first-order chi connectivity index (χ1) is 16.5. The number of thiophene rings is 1. The lowest BCUT2D eigenvalue weighted by Crippen LogP contribution is -2.27. The quantitative estimate of drug-likeness (QED) is 0.386. The number of carbonyl (C=O) groups is 1. The molecule has 9 heteroatoms. The molecule has 0 spiro atoms. The number of aromatic nitrogens is 4. The van der Waals surface area contributed by atoms with E-state index in [2.05, 4.69) is 27.4 Å². The highest BCUT2D eigenvalue weighted by Crippen LogP contribution is 2.35. The molecule has 0 saturated heterocycles. The van der Waals surface area contributed by atoms with E-state index in [1.54, 1.807) is 0 Å². The minimum absolute atomic E-state index is 0.138. The Balaban J connectivity index is 1.41. The summed E-state index contributed by atoms with van der Waals surface area (Å²) in [4.78, 5) is 35.9. The number of carbonyl (C=O) groups excluding carboxylic acids is 1. The molecule has 0 radical (unpaired) electrons. The van der Waals surface area contributed by atoms with Crippen LogP contribution >= 0.6 is 11.3 Å². The van der Waals surface area contributed by atoms with Gasteiger partial charge in [0.2, 0.25) is 11.7 Å². The maximum absolute atomic E-state index is 13.2. The summed E-state index contributed by atoms with van der Waals surface area (Å²) in [6.45, 7) is 3.76. The summed E-state index contributed by atoms with van der Waals surface area (Å²) < 4.78 is 6.79. The lowest BCUT2D eigenvalue weighted by atomic mass is 10.1. The van der Waals surface area contributed by atoms with E-state index in [1.807, 2.05) is 61.5 Å². The molecule has 0 aliphatic heterocycles. The second-order valence-electron chi connectivity index (χ2n) is 7.80. The average Bonchev–Trinajstić information content (AvgIpc) is 3.47. The van der Waals surface area contributed by atoms with Gasteiger partial charge in [0.1, 0.15) is 11.4 Å². The third kappa shape index (κ3) is 4.13. The molecule has 8 nitrogen and oxygen atoms in total. The van der Waals surface area contributed by atoms with Crippen LogP contribution in [0.2, 0.25) is 0 Å². The van der Waals surface area contributed by atoms with E-state index in [9.17, 15) is 9.59 Å². The lowest BCUT2D eigenvalue weighted by molar-refractivity contribution is -0.116. The predicted octanol–water partition coefficient (Wildman–Crippen LogP) is 4.68. The molecule has 3 aromatic heterocycles. The van der Waals surface area contributed by atoms with Crippen molar-refractivity contribution in [2.24, 2.45) is 0 Å². The van der Waals surface area contributed by atoms with Gasteiger partial charge in [0.25, 0.3) is 11.4 Å². The van der Waals surface area contributed by atoms with Crippen molar-refractivity contribution in [1.29, 1.82) is 0 Å². The highest BCUT2D eigenvalue weighted by molar-refractivity contribution is 7.22. The number of hydrogen-bond donors (Lipinski definition) is 1. The summed E-state index contributed by atoms with van der Waals surface area (Å²) in [5.41, 5.74) is 3.12. The Morgan fingerprint density at radius 1 is 1.12 bits per heavy atom. The van der Waals surface area contributed by atoms with Crippen LogP contribution in [0.15, 0.2) is 70.2 Å². The van der Waals surface area contributed by atoms with Crippen molar-refractivity contribution in [3.05, 3.63) is 82.4 Å². The molecule has 5 aromatic rings. The monoisotopic (exact) mass is 471 g/mol. The molecular weight excluding hydrogens is 450 g/mol. The van der Waals surface area contributed by atoms with Crippen molar-refractivity contribution < 1.29 is 9.32 Å². The van der Waals surface area contributed by atoms with Crippen molar-refractivity contribution in [1.82, 2.24) is 19.7 Å². The van der Waals surface area contributed by atoms with E-state index in [1.165, 1.54) is 27.8 Å². The van der Waals surface area contributed by atoms with E-state index in [-0.39, 0.29) is 18.0 Å². The number of benzene rings is 2. The summed E-state index contributed by atoms with van der Waals surface area (Å²) in [6, 6.07) is 17.1. The largest absolute Gasteiger partial charge is 0.333 e. The molecule has 0 aliphatic carbocycles. The third-order valence-corrected chi connectivity index (χ3v) is 6.72. The second kappa shape index (κ2) is 9.03. The molecule has 0 fully saturated rings. The fraction of sp³-hybridized carbons (Fsp3) is 0.160. The van der Waals surface area contributed by atoms with Crippen LogP contribution in [0.25, 0.3) is 32.4 Å². The highest BCUT2D eigenvalue weighted by Gasteiger charge is 2.21. The predicted molar refractivity (Wildman–Crippen MR) is 132 cm³/mol. The third-order valence-electron chi connectivity index (χ3n) is 5.53. The molecule has 1 amide bonds. The van der Waals surface area contributed by atoms with Gasteiger partial charge < -0.3 is 9.84 Å². The Morgan fingerprint density at radius 2 is 1.88 bits per heavy atom. The number of fused-ring (bicyclic) bond motifs is 1. The molecule has 0 unspecified atom stereocenters. The normalized spacial score (nSPS) is 11.1. The second-order valence-corrected chi connectivity index (χ2v) is 8.80. The van der Waals surface area contributed by atoms with Gasteiger partial charge in [-0.1, -0.05) is 54.5 Å². The molecule has 0 atom stereocenters. The zero-order chi connectivity index (χ0) is 23.7. The zero-order valence-electron chi connectivity index (χ0n) is 18.6. The number of amides is 1. The number of nitrogens with zero attached hydrogens (tertiary/aromatic N) is 4. The van der Waals surface area contributed by atoms with Crippen molar-refractivity contribution in [3.63, 3.8) is 0 Å². The van der Waals surface area contributed by atoms with E-state index < -0.39 is 0 Å². The first-order valence-electron chi connectivity index (χ1n) is 10.8. The SMILES string of the molecule is CCc1ccc(NC(=O)Cn2cnc3sc(-c4nc(-c5ccccc5)no4)c(C)c3c2=O)cc1. The lowest BCUT2D eigenvalue weighted by Gasteiger charge is -2.08. The summed E-state index contributed by atoms with van der Waals surface area (Å²) in [7, 11) is 0. The molecular formula is C25H21N5O3S. The number of hydrogen-bond acceptors (Lipinski definition) is 7. The van der Waals surface area contributed by atoms with E-state index in [0.717, 1.165) is 12.0 Å². The van der Waals surface area contributed by atoms with E-state index in [4.69, 9.17) is 4.52 Å². The van der Waals surface area contributed by atoms with Gasteiger partial charge >= 0.3 is 0 Å². The van der Waals surface area contributed by atoms with Crippen LogP contribution in [0.1, 0.15) is 18.1 Å². The van der Waals surface area contributed by atoms with E-state index in [0.29, 0.717) is 38.1 Å². The van der Waals surface area contributed by atoms with Crippen LogP contribution in [0, 0.1) is 6.92 Å². The molecule has 0 bridgehead atoms. The summed E-state index contributed by atoms with van der Waals surface area (Å²) in [6.07, 6.45) is 2.32. The van der Waals surface area contributed by atoms with Gasteiger partial charge in [-0.15, -0.1) is 11.3 Å². The Bertz CT molecular complexity index is 1530. The van der Waals surface area contributed by atoms with Crippen LogP contribution in [-0.2, 0) is 17.8 Å². The molecule has 34 heavy (non-hydrogen) atoms. The first-order valence-corrected chi connectivity index (χ1v) is 11.6. The number of nitrogens with one attached hydrogen (secondary N) is 1. The Hall–Kier alpha value is -4.11. The van der Waals surface area contributed by atoms with Crippen LogP contribution in [0.4, 0.5) is 5.69 Å². The van der Waals surface area contributed by atoms with Gasteiger partial charge in [0.15, 0.2) is 0 Å². The van der Waals surface area contributed by atoms with Crippen LogP contribution in [-0.4, -0.2) is 25.6 Å². The maximum Gasteiger partial charge on any atom is 0.268 e. The van der Waals surface area contributed by atoms with Crippen molar-refractivity contribution in [2.75, 3.05) is 5.32 Å². The molecule has 170 valence electrons. The smallest absolute Gasteiger partial charge is 0.268 e. The molecule has 3 heterocycles. The van der Waals surface area contributed by atoms with Gasteiger partial charge in [-0.05, 0) is 36.6 Å². The van der Waals surface area contributed by atoms with Crippen LogP contribution in [0.3, 0.4) is 0 Å². The molecule has 2 aromatic carbocycles. The Morgan fingerprint density at radius 3 is 2.62 bits per heavy atom. The Labute approximate surface area is 198 Å². The fourth-order valence-electron chi connectivity index (χ4n) is 3.68. The van der Waals surface area contributed by atoms with Gasteiger partial charge in [0, 0.05) is 11.3 Å². The zero-order valence-corrected chi connectivity index (χ0v) is 19.4. The minimum Gasteiger partial charge on any atom is -0.333 e. The van der Waals surface area contributed by atoms with Gasteiger partial charge in [-0.3, -0.25) is 14.2 Å². The number of rotatable bonds is 6. The number of anilines is 1. The van der Waals surface area contributed by atoms with Crippen molar-refractivity contribution in [3.8, 4) is 22.2 Å². The topological polar surface area (TPSA) is 103 Å². The van der Waals surface area contributed by atoms with Crippen molar-refractivity contribution in [2.45, 2.75) is 26.8 Å². The minimum atomic E-state index is -0.301. The standard InChI is InChI=1S/C25H21N5O3S/c1-3-16-9-11-18(12-10-16)27-19(31)13-30-14-26-24-20(25(30)32)15(2)21(34-24)23-28-22(29-33-23)17-7-5-4-6-8-17/h4-12,14H,3,13H2,1-2H3,(H,27,31). The maximum atomic E-state index is 13.2. The molecule has 1 N–H and O–H groups in total. The molecule has 0 saturated carbocycles. The average molecular weight is 472 g/mol.